The number of allylic oxidation sites excluding steroid dienone is 1. The monoisotopic (exact) mass is 146 g/mol. The van der Waals surface area contributed by atoms with Gasteiger partial charge in [-0.2, -0.15) is 0 Å². The Morgan fingerprint density at radius 3 is 2.80 bits per heavy atom. The Bertz CT molecular complexity index is 112. The van der Waals surface area contributed by atoms with Gasteiger partial charge in [-0.1, -0.05) is 6.08 Å². The second kappa shape index (κ2) is 6.26. The first-order valence-electron chi connectivity index (χ1n) is 3.20. The fraction of sp³-hybridized carbons (Fsp3) is 0.571. The van der Waals surface area contributed by atoms with Gasteiger partial charge in [0.15, 0.2) is 0 Å². The summed E-state index contributed by atoms with van der Waals surface area (Å²) >= 11 is 0. The second-order valence-electron chi connectivity index (χ2n) is 1.87. The summed E-state index contributed by atoms with van der Waals surface area (Å²) in [6.07, 6.45) is 2.54. The predicted molar refractivity (Wildman–Crippen MR) is 36.5 cm³/mol. The molecule has 10 heavy (non-hydrogen) atoms. The molecule has 0 atom stereocenters. The molecule has 3 heteroatoms. The highest BCUT2D eigenvalue weighted by Crippen LogP contribution is 1.96. The molecule has 0 bridgehead atoms. The normalized spacial score (nSPS) is 8.90. The third-order valence-electron chi connectivity index (χ3n) is 1.02. The fourth-order valence-electron chi connectivity index (χ4n) is 0.543. The molecule has 58 valence electrons. The minimum Gasteiger partial charge on any atom is -0.440 e. The Labute approximate surface area is 59.7 Å². The smallest absolute Gasteiger partial charge is 0.440 e. The van der Waals surface area contributed by atoms with Crippen LogP contribution in [0.15, 0.2) is 12.7 Å². The summed E-state index contributed by atoms with van der Waals surface area (Å²) in [5.41, 5.74) is 0. The predicted octanol–water partition coefficient (Wildman–Crippen LogP) is 2.45. The van der Waals surface area contributed by atoms with Gasteiger partial charge in [-0.05, 0) is 19.3 Å². The van der Waals surface area contributed by atoms with Crippen molar-refractivity contribution in [1.29, 1.82) is 0 Å². The number of carbonyl (C=O) groups excluding carboxylic acids is 1. The van der Waals surface area contributed by atoms with Gasteiger partial charge in [0.1, 0.15) is 0 Å². The molecule has 2 nitrogen and oxygen atoms in total. The lowest BCUT2D eigenvalue weighted by Gasteiger charge is -1.96. The van der Waals surface area contributed by atoms with Crippen molar-refractivity contribution in [2.45, 2.75) is 19.3 Å². The van der Waals surface area contributed by atoms with E-state index in [1.165, 1.54) is 0 Å². The molecule has 0 aromatic heterocycles. The summed E-state index contributed by atoms with van der Waals surface area (Å²) in [6, 6.07) is 0. The summed E-state index contributed by atoms with van der Waals surface area (Å²) in [6.45, 7) is 3.68. The van der Waals surface area contributed by atoms with E-state index in [9.17, 15) is 9.18 Å². The van der Waals surface area contributed by atoms with Crippen molar-refractivity contribution in [3.8, 4) is 0 Å². The third kappa shape index (κ3) is 7.14. The SMILES string of the molecule is C=CCCCCOC(=O)F. The Morgan fingerprint density at radius 2 is 2.30 bits per heavy atom. The van der Waals surface area contributed by atoms with Crippen molar-refractivity contribution < 1.29 is 13.9 Å². The zero-order valence-electron chi connectivity index (χ0n) is 5.81. The minimum atomic E-state index is -1.70. The highest BCUT2D eigenvalue weighted by molar-refractivity contribution is 5.57. The van der Waals surface area contributed by atoms with Crippen LogP contribution in [0.25, 0.3) is 0 Å². The molecule has 0 unspecified atom stereocenters. The van der Waals surface area contributed by atoms with E-state index in [4.69, 9.17) is 0 Å². The van der Waals surface area contributed by atoms with Crippen molar-refractivity contribution in [3.63, 3.8) is 0 Å². The van der Waals surface area contributed by atoms with Crippen LogP contribution < -0.4 is 0 Å². The molecule has 0 saturated heterocycles. The lowest BCUT2D eigenvalue weighted by Crippen LogP contribution is -1.96. The maximum atomic E-state index is 11.3. The number of halogens is 1. The van der Waals surface area contributed by atoms with E-state index in [2.05, 4.69) is 11.3 Å². The number of hydrogen-bond donors (Lipinski definition) is 0. The summed E-state index contributed by atoms with van der Waals surface area (Å²) < 4.78 is 15.4. The first-order chi connectivity index (χ1) is 4.77. The number of carbonyl (C=O) groups is 1. The van der Waals surface area contributed by atoms with E-state index in [1.807, 2.05) is 0 Å². The van der Waals surface area contributed by atoms with Crippen molar-refractivity contribution in [3.05, 3.63) is 12.7 Å². The Morgan fingerprint density at radius 1 is 1.60 bits per heavy atom. The largest absolute Gasteiger partial charge is 0.495 e. The van der Waals surface area contributed by atoms with Gasteiger partial charge in [0.25, 0.3) is 0 Å². The maximum Gasteiger partial charge on any atom is 0.495 e. The molecular formula is C7H11FO2. The molecule has 0 saturated carbocycles. The first kappa shape index (κ1) is 9.14. The number of ether oxygens (including phenoxy) is 1. The molecule has 0 aliphatic heterocycles. The van der Waals surface area contributed by atoms with Gasteiger partial charge < -0.3 is 4.74 Å². The summed E-state index contributed by atoms with van der Waals surface area (Å²) in [4.78, 5) is 9.57. The molecular weight excluding hydrogens is 135 g/mol. The highest BCUT2D eigenvalue weighted by Gasteiger charge is 1.94. The molecule has 0 fully saturated rings. The van der Waals surface area contributed by atoms with Gasteiger partial charge in [0, 0.05) is 0 Å². The van der Waals surface area contributed by atoms with Crippen LogP contribution in [0.5, 0.6) is 0 Å². The molecule has 0 radical (unpaired) electrons. The summed E-state index contributed by atoms with van der Waals surface area (Å²) in [5.74, 6) is 0. The standard InChI is InChI=1S/C7H11FO2/c1-2-3-4-5-6-10-7(8)9/h2H,1,3-6H2. The minimum absolute atomic E-state index is 0.170. The molecule has 0 N–H and O–H groups in total. The summed E-state index contributed by atoms with van der Waals surface area (Å²) in [7, 11) is 0. The van der Waals surface area contributed by atoms with Crippen LogP contribution in [-0.2, 0) is 4.74 Å². The van der Waals surface area contributed by atoms with Crippen LogP contribution in [0, 0.1) is 0 Å². The van der Waals surface area contributed by atoms with Gasteiger partial charge >= 0.3 is 6.22 Å². The van der Waals surface area contributed by atoms with E-state index in [1.54, 1.807) is 6.08 Å². The Kier molecular flexibility index (Phi) is 5.72. The van der Waals surface area contributed by atoms with Crippen LogP contribution in [0.3, 0.4) is 0 Å². The van der Waals surface area contributed by atoms with Crippen molar-refractivity contribution in [2.75, 3.05) is 6.61 Å². The molecule has 0 aromatic rings. The third-order valence-corrected chi connectivity index (χ3v) is 1.02. The van der Waals surface area contributed by atoms with E-state index in [0.717, 1.165) is 12.8 Å². The number of hydrogen-bond acceptors (Lipinski definition) is 2. The molecule has 0 heterocycles. The molecule has 0 aliphatic rings. The average molecular weight is 146 g/mol. The lowest BCUT2D eigenvalue weighted by molar-refractivity contribution is 0.119. The molecule has 0 spiro atoms. The van der Waals surface area contributed by atoms with Crippen LogP contribution in [0.2, 0.25) is 0 Å². The van der Waals surface area contributed by atoms with Gasteiger partial charge in [-0.15, -0.1) is 11.0 Å². The van der Waals surface area contributed by atoms with Crippen LogP contribution >= 0.6 is 0 Å². The average Bonchev–Trinajstić information content (AvgIpc) is 1.87. The van der Waals surface area contributed by atoms with Gasteiger partial charge in [0.05, 0.1) is 6.61 Å². The topological polar surface area (TPSA) is 26.3 Å². The molecule has 0 aliphatic carbocycles. The summed E-state index contributed by atoms with van der Waals surface area (Å²) in [5, 5.41) is 0. The van der Waals surface area contributed by atoms with E-state index in [-0.39, 0.29) is 6.61 Å². The maximum absolute atomic E-state index is 11.3. The number of rotatable bonds is 5. The van der Waals surface area contributed by atoms with E-state index >= 15 is 0 Å². The van der Waals surface area contributed by atoms with Crippen molar-refractivity contribution in [1.82, 2.24) is 0 Å². The van der Waals surface area contributed by atoms with Crippen molar-refractivity contribution in [2.24, 2.45) is 0 Å². The molecule has 0 amide bonds. The lowest BCUT2D eigenvalue weighted by atomic mass is 10.2. The van der Waals surface area contributed by atoms with Crippen LogP contribution in [0.1, 0.15) is 19.3 Å². The zero-order valence-corrected chi connectivity index (χ0v) is 5.81. The first-order valence-corrected chi connectivity index (χ1v) is 3.20. The van der Waals surface area contributed by atoms with E-state index in [0.29, 0.717) is 6.42 Å². The quantitative estimate of drug-likeness (QED) is 0.338. The van der Waals surface area contributed by atoms with Crippen molar-refractivity contribution >= 4 is 6.22 Å². The van der Waals surface area contributed by atoms with Gasteiger partial charge in [0.2, 0.25) is 0 Å². The highest BCUT2D eigenvalue weighted by atomic mass is 19.1. The Hall–Kier alpha value is -0.860. The van der Waals surface area contributed by atoms with Gasteiger partial charge in [-0.3, -0.25) is 0 Å². The molecule has 0 rings (SSSR count). The van der Waals surface area contributed by atoms with Gasteiger partial charge in [-0.25, -0.2) is 4.79 Å². The zero-order chi connectivity index (χ0) is 7.82. The Balaban J connectivity index is 2.90. The second-order valence-corrected chi connectivity index (χ2v) is 1.87. The van der Waals surface area contributed by atoms with Crippen LogP contribution in [0.4, 0.5) is 9.18 Å². The van der Waals surface area contributed by atoms with Crippen LogP contribution in [-0.4, -0.2) is 12.8 Å². The fourth-order valence-corrected chi connectivity index (χ4v) is 0.543. The number of unbranched alkanes of at least 4 members (excludes halogenated alkanes) is 2. The van der Waals surface area contributed by atoms with E-state index < -0.39 is 6.22 Å². The molecule has 0 aromatic carbocycles.